The van der Waals surface area contributed by atoms with E-state index in [1.54, 1.807) is 0 Å². The molecule has 0 aliphatic carbocycles. The van der Waals surface area contributed by atoms with Crippen molar-refractivity contribution in [3.63, 3.8) is 0 Å². The van der Waals surface area contributed by atoms with Crippen LogP contribution in [0.2, 0.25) is 0 Å². The third-order valence-corrected chi connectivity index (χ3v) is 4.42. The predicted octanol–water partition coefficient (Wildman–Crippen LogP) is 5.02. The van der Waals surface area contributed by atoms with Crippen molar-refractivity contribution in [3.8, 4) is 0 Å². The topological polar surface area (TPSA) is 12.4 Å². The minimum atomic E-state index is 0.471. The van der Waals surface area contributed by atoms with Crippen LogP contribution < -0.4 is 0 Å². The van der Waals surface area contributed by atoms with Gasteiger partial charge in [-0.05, 0) is 24.6 Å². The summed E-state index contributed by atoms with van der Waals surface area (Å²) in [6, 6.07) is 19.1. The summed E-state index contributed by atoms with van der Waals surface area (Å²) in [6.45, 7) is 2.12. The van der Waals surface area contributed by atoms with Gasteiger partial charge in [-0.2, -0.15) is 0 Å². The standard InChI is InChI=1S/C16H15NS/c1-12-11-16(13-7-3-2-4-8-13)18-15-10-6-5-9-14(15)17-12/h2-10,16H,11H2,1H3. The van der Waals surface area contributed by atoms with Crippen molar-refractivity contribution in [2.45, 2.75) is 23.5 Å². The fourth-order valence-electron chi connectivity index (χ4n) is 2.22. The van der Waals surface area contributed by atoms with E-state index in [2.05, 4.69) is 61.5 Å². The molecule has 2 aromatic carbocycles. The number of aliphatic imine (C=N–C) groups is 1. The van der Waals surface area contributed by atoms with Crippen LogP contribution in [-0.2, 0) is 0 Å². The largest absolute Gasteiger partial charge is 0.257 e. The van der Waals surface area contributed by atoms with Crippen LogP contribution >= 0.6 is 11.8 Å². The van der Waals surface area contributed by atoms with Crippen molar-refractivity contribution in [2.24, 2.45) is 4.99 Å². The van der Waals surface area contributed by atoms with Crippen molar-refractivity contribution in [3.05, 3.63) is 60.2 Å². The lowest BCUT2D eigenvalue weighted by Gasteiger charge is -2.14. The maximum Gasteiger partial charge on any atom is 0.0764 e. The summed E-state index contributed by atoms with van der Waals surface area (Å²) in [4.78, 5) is 5.99. The molecule has 1 atom stereocenters. The number of rotatable bonds is 1. The normalized spacial score (nSPS) is 18.7. The summed E-state index contributed by atoms with van der Waals surface area (Å²) in [7, 11) is 0. The second-order valence-corrected chi connectivity index (χ2v) is 5.78. The van der Waals surface area contributed by atoms with Gasteiger partial charge in [0.15, 0.2) is 0 Å². The van der Waals surface area contributed by atoms with Gasteiger partial charge in [-0.1, -0.05) is 42.5 Å². The summed E-state index contributed by atoms with van der Waals surface area (Å²) < 4.78 is 0. The molecule has 0 fully saturated rings. The van der Waals surface area contributed by atoms with Crippen LogP contribution in [0, 0.1) is 0 Å². The van der Waals surface area contributed by atoms with E-state index >= 15 is 0 Å². The highest BCUT2D eigenvalue weighted by molar-refractivity contribution is 7.99. The fraction of sp³-hybridized carbons (Fsp3) is 0.188. The van der Waals surface area contributed by atoms with Gasteiger partial charge in [0, 0.05) is 22.3 Å². The molecule has 1 aliphatic rings. The zero-order chi connectivity index (χ0) is 12.4. The first kappa shape index (κ1) is 11.5. The molecule has 18 heavy (non-hydrogen) atoms. The number of nitrogens with zero attached hydrogens (tertiary/aromatic N) is 1. The minimum absolute atomic E-state index is 0.471. The van der Waals surface area contributed by atoms with Gasteiger partial charge in [0.1, 0.15) is 0 Å². The van der Waals surface area contributed by atoms with Gasteiger partial charge in [-0.3, -0.25) is 4.99 Å². The Morgan fingerprint density at radius 3 is 2.56 bits per heavy atom. The van der Waals surface area contributed by atoms with E-state index in [-0.39, 0.29) is 0 Å². The molecular formula is C16H15NS. The molecule has 1 aliphatic heterocycles. The first-order valence-electron chi connectivity index (χ1n) is 6.18. The van der Waals surface area contributed by atoms with Crippen LogP contribution in [-0.4, -0.2) is 5.71 Å². The Morgan fingerprint density at radius 1 is 1.00 bits per heavy atom. The lowest BCUT2D eigenvalue weighted by atomic mass is 10.1. The zero-order valence-electron chi connectivity index (χ0n) is 10.3. The summed E-state index contributed by atoms with van der Waals surface area (Å²) in [5, 5.41) is 0.471. The number of fused-ring (bicyclic) bond motifs is 1. The molecule has 0 spiro atoms. The summed E-state index contributed by atoms with van der Waals surface area (Å²) in [5.74, 6) is 0. The van der Waals surface area contributed by atoms with Crippen LogP contribution in [0.1, 0.15) is 24.2 Å². The van der Waals surface area contributed by atoms with Crippen molar-refractivity contribution < 1.29 is 0 Å². The van der Waals surface area contributed by atoms with Gasteiger partial charge in [0.2, 0.25) is 0 Å². The molecular weight excluding hydrogens is 238 g/mol. The highest BCUT2D eigenvalue weighted by Gasteiger charge is 2.19. The third-order valence-electron chi connectivity index (χ3n) is 3.10. The van der Waals surface area contributed by atoms with Crippen molar-refractivity contribution in [2.75, 3.05) is 0 Å². The monoisotopic (exact) mass is 253 g/mol. The van der Waals surface area contributed by atoms with Gasteiger partial charge in [0.25, 0.3) is 0 Å². The second kappa shape index (κ2) is 4.99. The lowest BCUT2D eigenvalue weighted by molar-refractivity contribution is 1.00. The van der Waals surface area contributed by atoms with Gasteiger partial charge >= 0.3 is 0 Å². The molecule has 3 rings (SSSR count). The zero-order valence-corrected chi connectivity index (χ0v) is 11.2. The van der Waals surface area contributed by atoms with Crippen LogP contribution in [0.4, 0.5) is 5.69 Å². The first-order valence-corrected chi connectivity index (χ1v) is 7.06. The average molecular weight is 253 g/mol. The van der Waals surface area contributed by atoms with Gasteiger partial charge < -0.3 is 0 Å². The Balaban J connectivity index is 2.00. The van der Waals surface area contributed by atoms with E-state index in [1.807, 2.05) is 11.8 Å². The van der Waals surface area contributed by atoms with Crippen molar-refractivity contribution >= 4 is 23.2 Å². The van der Waals surface area contributed by atoms with Crippen LogP contribution in [0.3, 0.4) is 0 Å². The Kier molecular flexibility index (Phi) is 3.20. The Labute approximate surface area is 112 Å². The SMILES string of the molecule is CC1=Nc2ccccc2SC(c2ccccc2)C1. The fourth-order valence-corrected chi connectivity index (χ4v) is 3.53. The molecule has 1 heterocycles. The molecule has 1 nitrogen and oxygen atoms in total. The molecule has 0 saturated carbocycles. The second-order valence-electron chi connectivity index (χ2n) is 4.54. The summed E-state index contributed by atoms with van der Waals surface area (Å²) in [6.07, 6.45) is 1.02. The van der Waals surface area contributed by atoms with E-state index in [0.717, 1.165) is 12.1 Å². The summed E-state index contributed by atoms with van der Waals surface area (Å²) >= 11 is 1.92. The average Bonchev–Trinajstić information content (AvgIpc) is 2.57. The van der Waals surface area contributed by atoms with Crippen LogP contribution in [0.15, 0.2) is 64.5 Å². The van der Waals surface area contributed by atoms with E-state index in [9.17, 15) is 0 Å². The predicted molar refractivity (Wildman–Crippen MR) is 78.9 cm³/mol. The van der Waals surface area contributed by atoms with Gasteiger partial charge in [0.05, 0.1) is 5.69 Å². The van der Waals surface area contributed by atoms with E-state index in [4.69, 9.17) is 4.99 Å². The molecule has 0 amide bonds. The Bertz CT molecular complexity index is 575. The smallest absolute Gasteiger partial charge is 0.0764 e. The Hall–Kier alpha value is -1.54. The van der Waals surface area contributed by atoms with E-state index in [0.29, 0.717) is 5.25 Å². The number of benzene rings is 2. The molecule has 0 N–H and O–H groups in total. The number of hydrogen-bond donors (Lipinski definition) is 0. The van der Waals surface area contributed by atoms with Crippen molar-refractivity contribution in [1.82, 2.24) is 0 Å². The molecule has 90 valence electrons. The minimum Gasteiger partial charge on any atom is -0.257 e. The highest BCUT2D eigenvalue weighted by atomic mass is 32.2. The van der Waals surface area contributed by atoms with E-state index < -0.39 is 0 Å². The number of para-hydroxylation sites is 1. The van der Waals surface area contributed by atoms with E-state index in [1.165, 1.54) is 16.2 Å². The van der Waals surface area contributed by atoms with Gasteiger partial charge in [-0.25, -0.2) is 0 Å². The maximum atomic E-state index is 4.71. The van der Waals surface area contributed by atoms with Crippen LogP contribution in [0.25, 0.3) is 0 Å². The molecule has 0 saturated heterocycles. The molecule has 1 unspecified atom stereocenters. The number of thioether (sulfide) groups is 1. The van der Waals surface area contributed by atoms with Gasteiger partial charge in [-0.15, -0.1) is 11.8 Å². The molecule has 0 radical (unpaired) electrons. The highest BCUT2D eigenvalue weighted by Crippen LogP contribution is 2.44. The van der Waals surface area contributed by atoms with Crippen molar-refractivity contribution in [1.29, 1.82) is 0 Å². The lowest BCUT2D eigenvalue weighted by Crippen LogP contribution is -1.99. The number of hydrogen-bond acceptors (Lipinski definition) is 2. The summed E-state index contributed by atoms with van der Waals surface area (Å²) in [5.41, 5.74) is 3.70. The molecule has 0 bridgehead atoms. The first-order chi connectivity index (χ1) is 8.83. The van der Waals surface area contributed by atoms with Crippen LogP contribution in [0.5, 0.6) is 0 Å². The quantitative estimate of drug-likeness (QED) is 0.695. The molecule has 0 aromatic heterocycles. The molecule has 2 aromatic rings. The maximum absolute atomic E-state index is 4.71. The Morgan fingerprint density at radius 2 is 1.72 bits per heavy atom. The third kappa shape index (κ3) is 2.34. The molecule has 2 heteroatoms.